The molecule has 1 amide bonds. The summed E-state index contributed by atoms with van der Waals surface area (Å²) in [6.07, 6.45) is 8.14. The molecule has 0 aliphatic heterocycles. The summed E-state index contributed by atoms with van der Waals surface area (Å²) in [5, 5.41) is 0. The summed E-state index contributed by atoms with van der Waals surface area (Å²) in [6.45, 7) is 0.590. The van der Waals surface area contributed by atoms with Crippen LogP contribution in [0.25, 0.3) is 0 Å². The Bertz CT molecular complexity index is 513. The van der Waals surface area contributed by atoms with E-state index in [4.69, 9.17) is 0 Å². The Labute approximate surface area is 125 Å². The number of carbonyl (C=O) groups excluding carboxylic acids is 2. The molecule has 3 rings (SSSR count). The number of rotatable bonds is 3. The van der Waals surface area contributed by atoms with Crippen LogP contribution in [-0.4, -0.2) is 28.6 Å². The van der Waals surface area contributed by atoms with Gasteiger partial charge in [0.25, 0.3) is 0 Å². The molecule has 3 atom stereocenters. The third kappa shape index (κ3) is 2.99. The predicted octanol–water partition coefficient (Wildman–Crippen LogP) is 2.44. The Morgan fingerprint density at radius 2 is 2.05 bits per heavy atom. The first kappa shape index (κ1) is 14.2. The standard InChI is InChI=1S/C17H22N2O2/c1-19(11-12-4-3-7-18-10-12)17(21)15-8-13-5-2-6-14(9-15)16(13)20/h3-4,7,10,13-15H,2,5-6,8-9,11H2,1H3/t13-,14+,15?. The molecule has 1 aromatic heterocycles. The van der Waals surface area contributed by atoms with E-state index in [0.29, 0.717) is 12.3 Å². The summed E-state index contributed by atoms with van der Waals surface area (Å²) in [6, 6.07) is 3.87. The average molecular weight is 286 g/mol. The number of Topliss-reactive ketones (excluding diaryl/α,β-unsaturated/α-hetero) is 1. The molecule has 4 nitrogen and oxygen atoms in total. The average Bonchev–Trinajstić information content (AvgIpc) is 2.47. The fourth-order valence-electron chi connectivity index (χ4n) is 3.84. The Kier molecular flexibility index (Phi) is 4.04. The van der Waals surface area contributed by atoms with Crippen LogP contribution in [0.3, 0.4) is 0 Å². The summed E-state index contributed by atoms with van der Waals surface area (Å²) in [5.41, 5.74) is 1.04. The van der Waals surface area contributed by atoms with Gasteiger partial charge in [-0.1, -0.05) is 12.5 Å². The molecule has 0 saturated heterocycles. The van der Waals surface area contributed by atoms with Crippen LogP contribution in [0.4, 0.5) is 0 Å². The Morgan fingerprint density at radius 3 is 2.67 bits per heavy atom. The van der Waals surface area contributed by atoms with Gasteiger partial charge in [0.2, 0.25) is 5.91 Å². The first-order chi connectivity index (χ1) is 10.1. The van der Waals surface area contributed by atoms with Crippen LogP contribution >= 0.6 is 0 Å². The molecule has 0 aromatic carbocycles. The van der Waals surface area contributed by atoms with Gasteiger partial charge in [0.1, 0.15) is 5.78 Å². The van der Waals surface area contributed by atoms with Crippen molar-refractivity contribution in [3.8, 4) is 0 Å². The summed E-state index contributed by atoms with van der Waals surface area (Å²) in [5.74, 6) is 0.902. The number of carbonyl (C=O) groups is 2. The van der Waals surface area contributed by atoms with Crippen LogP contribution in [0.15, 0.2) is 24.5 Å². The maximum atomic E-state index is 12.6. The van der Waals surface area contributed by atoms with Crippen molar-refractivity contribution in [2.75, 3.05) is 7.05 Å². The largest absolute Gasteiger partial charge is 0.341 e. The molecule has 2 bridgehead atoms. The minimum absolute atomic E-state index is 0.0275. The second-order valence-electron chi connectivity index (χ2n) is 6.45. The van der Waals surface area contributed by atoms with Crippen molar-refractivity contribution >= 4 is 11.7 Å². The minimum Gasteiger partial charge on any atom is -0.341 e. The molecule has 21 heavy (non-hydrogen) atoms. The van der Waals surface area contributed by atoms with Crippen molar-refractivity contribution in [3.05, 3.63) is 30.1 Å². The van der Waals surface area contributed by atoms with E-state index in [1.165, 1.54) is 0 Å². The van der Waals surface area contributed by atoms with Crippen molar-refractivity contribution in [3.63, 3.8) is 0 Å². The Hall–Kier alpha value is -1.71. The molecule has 4 heteroatoms. The van der Waals surface area contributed by atoms with Crippen LogP contribution in [0.1, 0.15) is 37.7 Å². The zero-order valence-corrected chi connectivity index (χ0v) is 12.5. The van der Waals surface area contributed by atoms with Gasteiger partial charge in [-0.3, -0.25) is 14.6 Å². The van der Waals surface area contributed by atoms with Gasteiger partial charge in [0.05, 0.1) is 0 Å². The van der Waals surface area contributed by atoms with Gasteiger partial charge >= 0.3 is 0 Å². The van der Waals surface area contributed by atoms with Gasteiger partial charge in [-0.15, -0.1) is 0 Å². The van der Waals surface area contributed by atoms with Gasteiger partial charge in [-0.05, 0) is 37.3 Å². The zero-order chi connectivity index (χ0) is 14.8. The van der Waals surface area contributed by atoms with Gasteiger partial charge in [0, 0.05) is 43.7 Å². The van der Waals surface area contributed by atoms with Crippen LogP contribution in [0, 0.1) is 17.8 Å². The fourth-order valence-corrected chi connectivity index (χ4v) is 3.84. The van der Waals surface area contributed by atoms with E-state index in [9.17, 15) is 9.59 Å². The van der Waals surface area contributed by atoms with Crippen molar-refractivity contribution < 1.29 is 9.59 Å². The Morgan fingerprint density at radius 1 is 1.33 bits per heavy atom. The lowest BCUT2D eigenvalue weighted by Gasteiger charge is -2.38. The van der Waals surface area contributed by atoms with Crippen LogP contribution in [-0.2, 0) is 16.1 Å². The first-order valence-electron chi connectivity index (χ1n) is 7.82. The zero-order valence-electron chi connectivity index (χ0n) is 12.5. The maximum Gasteiger partial charge on any atom is 0.225 e. The molecule has 2 saturated carbocycles. The minimum atomic E-state index is 0.0275. The molecule has 2 aliphatic rings. The number of amides is 1. The number of ketones is 1. The van der Waals surface area contributed by atoms with Crippen molar-refractivity contribution in [2.45, 2.75) is 38.6 Å². The fraction of sp³-hybridized carbons (Fsp3) is 0.588. The lowest BCUT2D eigenvalue weighted by atomic mass is 9.67. The van der Waals surface area contributed by atoms with E-state index >= 15 is 0 Å². The van der Waals surface area contributed by atoms with Crippen LogP contribution in [0.5, 0.6) is 0 Å². The molecule has 0 spiro atoms. The summed E-state index contributed by atoms with van der Waals surface area (Å²) >= 11 is 0. The summed E-state index contributed by atoms with van der Waals surface area (Å²) < 4.78 is 0. The molecular formula is C17H22N2O2. The lowest BCUT2D eigenvalue weighted by Crippen LogP contribution is -2.43. The highest BCUT2D eigenvalue weighted by Gasteiger charge is 2.41. The van der Waals surface area contributed by atoms with Gasteiger partial charge in [-0.25, -0.2) is 0 Å². The number of nitrogens with zero attached hydrogens (tertiary/aromatic N) is 2. The van der Waals surface area contributed by atoms with Gasteiger partial charge < -0.3 is 4.90 Å². The second kappa shape index (κ2) is 5.96. The normalized spacial score (nSPS) is 28.2. The van der Waals surface area contributed by atoms with Crippen molar-refractivity contribution in [1.82, 2.24) is 9.88 Å². The lowest BCUT2D eigenvalue weighted by molar-refractivity contribution is -0.142. The third-order valence-electron chi connectivity index (χ3n) is 4.92. The summed E-state index contributed by atoms with van der Waals surface area (Å²) in [7, 11) is 1.85. The first-order valence-corrected chi connectivity index (χ1v) is 7.82. The highest BCUT2D eigenvalue weighted by atomic mass is 16.2. The predicted molar refractivity (Wildman–Crippen MR) is 79.3 cm³/mol. The molecule has 1 aromatic rings. The number of hydrogen-bond donors (Lipinski definition) is 0. The van der Waals surface area contributed by atoms with E-state index < -0.39 is 0 Å². The molecule has 0 radical (unpaired) electrons. The monoisotopic (exact) mass is 286 g/mol. The number of fused-ring (bicyclic) bond motifs is 2. The van der Waals surface area contributed by atoms with Crippen molar-refractivity contribution in [2.24, 2.45) is 17.8 Å². The maximum absolute atomic E-state index is 12.6. The van der Waals surface area contributed by atoms with Gasteiger partial charge in [0.15, 0.2) is 0 Å². The third-order valence-corrected chi connectivity index (χ3v) is 4.92. The smallest absolute Gasteiger partial charge is 0.225 e. The molecule has 2 aliphatic carbocycles. The number of pyridine rings is 1. The van der Waals surface area contributed by atoms with E-state index in [1.807, 2.05) is 19.2 Å². The molecule has 1 heterocycles. The number of hydrogen-bond acceptors (Lipinski definition) is 3. The number of aromatic nitrogens is 1. The van der Waals surface area contributed by atoms with E-state index in [1.54, 1.807) is 17.3 Å². The van der Waals surface area contributed by atoms with Gasteiger partial charge in [-0.2, -0.15) is 0 Å². The van der Waals surface area contributed by atoms with E-state index in [-0.39, 0.29) is 23.7 Å². The topological polar surface area (TPSA) is 50.3 Å². The molecule has 112 valence electrons. The molecule has 0 N–H and O–H groups in total. The molecular weight excluding hydrogens is 264 g/mol. The highest BCUT2D eigenvalue weighted by Crippen LogP contribution is 2.40. The quantitative estimate of drug-likeness (QED) is 0.857. The SMILES string of the molecule is CN(Cc1cccnc1)C(=O)C1C[C@H]2CCC[C@@H](C1)C2=O. The van der Waals surface area contributed by atoms with Crippen LogP contribution in [0.2, 0.25) is 0 Å². The molecule has 1 unspecified atom stereocenters. The highest BCUT2D eigenvalue weighted by molar-refractivity contribution is 5.88. The van der Waals surface area contributed by atoms with Crippen LogP contribution < -0.4 is 0 Å². The second-order valence-corrected chi connectivity index (χ2v) is 6.45. The van der Waals surface area contributed by atoms with E-state index in [0.717, 1.165) is 37.7 Å². The van der Waals surface area contributed by atoms with Crippen molar-refractivity contribution in [1.29, 1.82) is 0 Å². The molecule has 2 fully saturated rings. The summed E-state index contributed by atoms with van der Waals surface area (Å²) in [4.78, 5) is 30.6. The Balaban J connectivity index is 1.64. The van der Waals surface area contributed by atoms with E-state index in [2.05, 4.69) is 4.98 Å².